The van der Waals surface area contributed by atoms with Gasteiger partial charge in [-0.25, -0.2) is 0 Å². The van der Waals surface area contributed by atoms with E-state index in [4.69, 9.17) is 8.85 Å². The highest BCUT2D eigenvalue weighted by molar-refractivity contribution is 14.1. The molecule has 5 heteroatoms. The summed E-state index contributed by atoms with van der Waals surface area (Å²) in [4.78, 5) is 0. The summed E-state index contributed by atoms with van der Waals surface area (Å²) in [7, 11) is -3.53. The predicted octanol–water partition coefficient (Wildman–Crippen LogP) is 7.37. The molecule has 0 saturated heterocycles. The summed E-state index contributed by atoms with van der Waals surface area (Å²) in [5.74, 6) is 0.360. The van der Waals surface area contributed by atoms with Crippen molar-refractivity contribution in [3.63, 3.8) is 0 Å². The van der Waals surface area contributed by atoms with Gasteiger partial charge in [0.15, 0.2) is 16.6 Å². The monoisotopic (exact) mass is 484 g/mol. The second-order valence-electron chi connectivity index (χ2n) is 10.2. The van der Waals surface area contributed by atoms with Gasteiger partial charge in [0.05, 0.1) is 6.10 Å². The molecule has 0 unspecified atom stereocenters. The molecule has 0 bridgehead atoms. The number of halogens is 1. The van der Waals surface area contributed by atoms with E-state index in [9.17, 15) is 0 Å². The van der Waals surface area contributed by atoms with E-state index in [-0.39, 0.29) is 16.2 Å². The van der Waals surface area contributed by atoms with Crippen LogP contribution >= 0.6 is 22.6 Å². The van der Waals surface area contributed by atoms with Crippen LogP contribution in [0.4, 0.5) is 0 Å². The minimum absolute atomic E-state index is 0.146. The fourth-order valence-electron chi connectivity index (χ4n) is 1.86. The summed E-state index contributed by atoms with van der Waals surface area (Å²) in [6.07, 6.45) is 0.146. The Labute approximate surface area is 167 Å². The first-order valence-electron chi connectivity index (χ1n) is 9.05. The van der Waals surface area contributed by atoms with Gasteiger partial charge in [0.25, 0.3) is 0 Å². The Morgan fingerprint density at radius 3 is 1.71 bits per heavy atom. The fourth-order valence-corrected chi connectivity index (χ4v) is 4.73. The van der Waals surface area contributed by atoms with Crippen LogP contribution in [0.25, 0.3) is 0 Å². The summed E-state index contributed by atoms with van der Waals surface area (Å²) >= 11 is 2.33. The second kappa shape index (κ2) is 8.67. The van der Waals surface area contributed by atoms with Gasteiger partial charge in [-0.1, -0.05) is 71.1 Å². The SMILES string of the molecule is C/C(=C\I)[C@@H](O[Si](C)(C)C(C)(C)C)[C@@H](C)CO[Si](C)(C)C(C)(C)C. The zero-order chi connectivity index (χ0) is 19.6. The van der Waals surface area contributed by atoms with Crippen LogP contribution in [-0.4, -0.2) is 29.3 Å². The van der Waals surface area contributed by atoms with Gasteiger partial charge in [0.2, 0.25) is 0 Å². The Kier molecular flexibility index (Phi) is 8.97. The molecule has 0 aromatic carbocycles. The Balaban J connectivity index is 5.23. The van der Waals surface area contributed by atoms with Crippen LogP contribution in [0.3, 0.4) is 0 Å². The summed E-state index contributed by atoms with van der Waals surface area (Å²) in [6, 6.07) is 0. The molecule has 0 heterocycles. The van der Waals surface area contributed by atoms with Crippen molar-refractivity contribution < 1.29 is 8.85 Å². The van der Waals surface area contributed by atoms with E-state index in [0.717, 1.165) is 6.61 Å². The molecule has 0 N–H and O–H groups in total. The first kappa shape index (κ1) is 24.8. The van der Waals surface area contributed by atoms with Crippen LogP contribution in [0.1, 0.15) is 55.4 Å². The molecular formula is C19H41IO2Si2. The fraction of sp³-hybridized carbons (Fsp3) is 0.895. The molecule has 0 aromatic rings. The molecule has 0 fully saturated rings. The molecule has 0 aliphatic rings. The lowest BCUT2D eigenvalue weighted by molar-refractivity contribution is 0.113. The largest absolute Gasteiger partial charge is 0.416 e. The maximum absolute atomic E-state index is 6.77. The van der Waals surface area contributed by atoms with Gasteiger partial charge in [-0.05, 0) is 52.8 Å². The zero-order valence-corrected chi connectivity index (χ0v) is 22.3. The molecule has 0 spiro atoms. The standard InChI is InChI=1S/C19H41IO2Si2/c1-15(13-20)17(22-24(11,12)19(6,7)8)16(2)14-21-23(9,10)18(3,4)5/h13,16-17H,14H2,1-12H3/b15-13+/t16-,17+/m0/s1. The third-order valence-corrected chi connectivity index (χ3v) is 15.8. The van der Waals surface area contributed by atoms with Crippen molar-refractivity contribution in [3.8, 4) is 0 Å². The molecule has 0 aliphatic carbocycles. The van der Waals surface area contributed by atoms with E-state index in [1.165, 1.54) is 5.57 Å². The van der Waals surface area contributed by atoms with E-state index in [1.54, 1.807) is 0 Å². The Morgan fingerprint density at radius 2 is 1.38 bits per heavy atom. The van der Waals surface area contributed by atoms with Crippen molar-refractivity contribution in [2.75, 3.05) is 6.61 Å². The van der Waals surface area contributed by atoms with Crippen molar-refractivity contribution in [2.45, 2.75) is 97.8 Å². The average molecular weight is 485 g/mol. The quantitative estimate of drug-likeness (QED) is 0.277. The molecule has 0 rings (SSSR count). The summed E-state index contributed by atoms with van der Waals surface area (Å²) in [5.41, 5.74) is 1.31. The molecule has 2 nitrogen and oxygen atoms in total. The average Bonchev–Trinajstić information content (AvgIpc) is 2.38. The first-order chi connectivity index (χ1) is 10.5. The van der Waals surface area contributed by atoms with Gasteiger partial charge in [-0.2, -0.15) is 0 Å². The Bertz CT molecular complexity index is 432. The van der Waals surface area contributed by atoms with Crippen molar-refractivity contribution >= 4 is 39.2 Å². The minimum Gasteiger partial charge on any atom is -0.416 e. The number of hydrogen-bond donors (Lipinski definition) is 0. The predicted molar refractivity (Wildman–Crippen MR) is 122 cm³/mol. The smallest absolute Gasteiger partial charge is 0.192 e. The highest BCUT2D eigenvalue weighted by Crippen LogP contribution is 2.40. The van der Waals surface area contributed by atoms with Gasteiger partial charge >= 0.3 is 0 Å². The molecule has 2 atom stereocenters. The molecule has 0 aromatic heterocycles. The Morgan fingerprint density at radius 1 is 0.958 bits per heavy atom. The van der Waals surface area contributed by atoms with Gasteiger partial charge < -0.3 is 8.85 Å². The lowest BCUT2D eigenvalue weighted by Gasteiger charge is -2.42. The molecule has 0 radical (unpaired) electrons. The van der Waals surface area contributed by atoms with Crippen LogP contribution in [-0.2, 0) is 8.85 Å². The Hall–Kier alpha value is 0.824. The van der Waals surface area contributed by atoms with E-state index < -0.39 is 16.6 Å². The molecular weight excluding hydrogens is 443 g/mol. The van der Waals surface area contributed by atoms with E-state index in [2.05, 4.69) is 108 Å². The summed E-state index contributed by atoms with van der Waals surface area (Å²) < 4.78 is 15.4. The maximum atomic E-state index is 6.77. The molecule has 0 aliphatic heterocycles. The number of hydrogen-bond acceptors (Lipinski definition) is 2. The summed E-state index contributed by atoms with van der Waals surface area (Å²) in [5, 5.41) is 0.466. The maximum Gasteiger partial charge on any atom is 0.192 e. The third kappa shape index (κ3) is 6.85. The van der Waals surface area contributed by atoms with Crippen LogP contribution < -0.4 is 0 Å². The van der Waals surface area contributed by atoms with Crippen LogP contribution in [0.15, 0.2) is 9.66 Å². The normalized spacial score (nSPS) is 17.8. The summed E-state index contributed by atoms with van der Waals surface area (Å²) in [6.45, 7) is 28.3. The molecule has 24 heavy (non-hydrogen) atoms. The van der Waals surface area contributed by atoms with Crippen molar-refractivity contribution in [1.29, 1.82) is 0 Å². The van der Waals surface area contributed by atoms with Crippen molar-refractivity contribution in [3.05, 3.63) is 9.66 Å². The van der Waals surface area contributed by atoms with Gasteiger partial charge in [0, 0.05) is 12.5 Å². The van der Waals surface area contributed by atoms with Crippen molar-refractivity contribution in [2.24, 2.45) is 5.92 Å². The van der Waals surface area contributed by atoms with Crippen LogP contribution in [0.2, 0.25) is 36.3 Å². The first-order valence-corrected chi connectivity index (χ1v) is 16.1. The molecule has 144 valence electrons. The van der Waals surface area contributed by atoms with E-state index in [0.29, 0.717) is 5.92 Å². The lowest BCUT2D eigenvalue weighted by Crippen LogP contribution is -2.47. The van der Waals surface area contributed by atoms with Crippen molar-refractivity contribution in [1.82, 2.24) is 0 Å². The zero-order valence-electron chi connectivity index (χ0n) is 18.1. The third-order valence-electron chi connectivity index (χ3n) is 5.88. The minimum atomic E-state index is -1.81. The van der Waals surface area contributed by atoms with E-state index >= 15 is 0 Å². The molecule has 0 amide bonds. The lowest BCUT2D eigenvalue weighted by atomic mass is 10.0. The number of rotatable bonds is 7. The van der Waals surface area contributed by atoms with Gasteiger partial charge in [-0.3, -0.25) is 0 Å². The van der Waals surface area contributed by atoms with Gasteiger partial charge in [-0.15, -0.1) is 0 Å². The highest BCUT2D eigenvalue weighted by atomic mass is 127. The topological polar surface area (TPSA) is 18.5 Å². The molecule has 0 saturated carbocycles. The second-order valence-corrected chi connectivity index (χ2v) is 20.4. The van der Waals surface area contributed by atoms with Gasteiger partial charge in [0.1, 0.15) is 0 Å². The van der Waals surface area contributed by atoms with Crippen LogP contribution in [0.5, 0.6) is 0 Å². The highest BCUT2D eigenvalue weighted by Gasteiger charge is 2.42. The van der Waals surface area contributed by atoms with Crippen LogP contribution in [0, 0.1) is 5.92 Å². The van der Waals surface area contributed by atoms with E-state index in [1.807, 2.05) is 0 Å².